The summed E-state index contributed by atoms with van der Waals surface area (Å²) in [7, 11) is 1.98. The zero-order valence-corrected chi connectivity index (χ0v) is 12.7. The molecule has 4 heteroatoms. The molecule has 0 fully saturated rings. The summed E-state index contributed by atoms with van der Waals surface area (Å²) in [6, 6.07) is 14.4. The van der Waals surface area contributed by atoms with E-state index in [4.69, 9.17) is 4.74 Å². The van der Waals surface area contributed by atoms with Gasteiger partial charge in [-0.05, 0) is 32.2 Å². The van der Waals surface area contributed by atoms with Crippen LogP contribution < -0.4 is 10.1 Å². The Morgan fingerprint density at radius 2 is 2.00 bits per heavy atom. The Morgan fingerprint density at radius 3 is 2.70 bits per heavy atom. The Bertz CT molecular complexity index is 519. The molecule has 20 heavy (non-hydrogen) atoms. The van der Waals surface area contributed by atoms with Crippen molar-refractivity contribution in [3.05, 3.63) is 54.2 Å². The minimum Gasteiger partial charge on any atom is -0.494 e. The van der Waals surface area contributed by atoms with E-state index in [0.717, 1.165) is 16.5 Å². The van der Waals surface area contributed by atoms with E-state index in [9.17, 15) is 0 Å². The molecule has 0 saturated carbocycles. The molecular weight excluding hydrogens is 268 g/mol. The van der Waals surface area contributed by atoms with Gasteiger partial charge in [0.2, 0.25) is 0 Å². The van der Waals surface area contributed by atoms with E-state index in [0.29, 0.717) is 6.61 Å². The quantitative estimate of drug-likeness (QED) is 0.790. The van der Waals surface area contributed by atoms with E-state index < -0.39 is 0 Å². The van der Waals surface area contributed by atoms with Crippen molar-refractivity contribution < 1.29 is 4.74 Å². The Kier molecular flexibility index (Phi) is 5.89. The van der Waals surface area contributed by atoms with Crippen molar-refractivity contribution in [1.29, 1.82) is 0 Å². The maximum Gasteiger partial charge on any atom is 0.124 e. The number of nitrogens with zero attached hydrogens (tertiary/aromatic N) is 1. The molecule has 1 N–H and O–H groups in total. The van der Waals surface area contributed by atoms with Gasteiger partial charge < -0.3 is 10.1 Å². The molecule has 3 nitrogen and oxygen atoms in total. The van der Waals surface area contributed by atoms with Crippen molar-refractivity contribution in [3.8, 4) is 5.75 Å². The van der Waals surface area contributed by atoms with Crippen LogP contribution in [0.4, 0.5) is 0 Å². The van der Waals surface area contributed by atoms with Crippen molar-refractivity contribution in [1.82, 2.24) is 10.3 Å². The van der Waals surface area contributed by atoms with E-state index in [-0.39, 0.29) is 6.04 Å². The normalized spacial score (nSPS) is 12.1. The first-order valence-corrected chi connectivity index (χ1v) is 7.76. The van der Waals surface area contributed by atoms with Gasteiger partial charge in [-0.2, -0.15) is 0 Å². The van der Waals surface area contributed by atoms with E-state index in [1.165, 1.54) is 5.56 Å². The first-order valence-electron chi connectivity index (χ1n) is 6.78. The second-order valence-corrected chi connectivity index (χ2v) is 5.33. The van der Waals surface area contributed by atoms with Crippen LogP contribution in [0.3, 0.4) is 0 Å². The topological polar surface area (TPSA) is 34.1 Å². The maximum absolute atomic E-state index is 5.71. The molecular formula is C16H20N2OS. The summed E-state index contributed by atoms with van der Waals surface area (Å²) in [5, 5.41) is 4.40. The van der Waals surface area contributed by atoms with Crippen LogP contribution in [0.1, 0.15) is 18.5 Å². The van der Waals surface area contributed by atoms with Crippen LogP contribution in [0.25, 0.3) is 0 Å². The smallest absolute Gasteiger partial charge is 0.124 e. The standard InChI is InChI=1S/C16H20N2OS/c1-3-19-15-9-5-4-8-13(15)14(17-2)12-20-16-10-6-7-11-18-16/h4-11,14,17H,3,12H2,1-2H3. The number of thioether (sulfide) groups is 1. The highest BCUT2D eigenvalue weighted by atomic mass is 32.2. The summed E-state index contributed by atoms with van der Waals surface area (Å²) in [4.78, 5) is 4.34. The predicted octanol–water partition coefficient (Wildman–Crippen LogP) is 3.53. The van der Waals surface area contributed by atoms with Crippen LogP contribution in [0.2, 0.25) is 0 Å². The first kappa shape index (κ1) is 14.9. The lowest BCUT2D eigenvalue weighted by Crippen LogP contribution is -2.19. The number of hydrogen-bond acceptors (Lipinski definition) is 4. The fourth-order valence-electron chi connectivity index (χ4n) is 1.99. The fraction of sp³-hybridized carbons (Fsp3) is 0.312. The number of aromatic nitrogens is 1. The first-order chi connectivity index (χ1) is 9.85. The minimum atomic E-state index is 0.241. The molecule has 0 saturated heterocycles. The van der Waals surface area contributed by atoms with Gasteiger partial charge in [0, 0.05) is 23.6 Å². The van der Waals surface area contributed by atoms with Gasteiger partial charge in [0.25, 0.3) is 0 Å². The number of benzene rings is 1. The van der Waals surface area contributed by atoms with Gasteiger partial charge >= 0.3 is 0 Å². The van der Waals surface area contributed by atoms with E-state index in [1.54, 1.807) is 11.8 Å². The minimum absolute atomic E-state index is 0.241. The Labute approximate surface area is 124 Å². The molecule has 2 rings (SSSR count). The molecule has 1 heterocycles. The highest BCUT2D eigenvalue weighted by molar-refractivity contribution is 7.99. The second-order valence-electron chi connectivity index (χ2n) is 4.29. The summed E-state index contributed by atoms with van der Waals surface area (Å²) in [6.07, 6.45) is 1.82. The molecule has 0 bridgehead atoms. The van der Waals surface area contributed by atoms with Gasteiger partial charge in [0.05, 0.1) is 11.6 Å². The summed E-state index contributed by atoms with van der Waals surface area (Å²) in [5.74, 6) is 1.87. The van der Waals surface area contributed by atoms with Crippen molar-refractivity contribution in [2.24, 2.45) is 0 Å². The summed E-state index contributed by atoms with van der Waals surface area (Å²) >= 11 is 1.75. The van der Waals surface area contributed by atoms with Crippen molar-refractivity contribution in [3.63, 3.8) is 0 Å². The Morgan fingerprint density at radius 1 is 1.20 bits per heavy atom. The van der Waals surface area contributed by atoms with Crippen LogP contribution >= 0.6 is 11.8 Å². The van der Waals surface area contributed by atoms with Gasteiger partial charge in [-0.15, -0.1) is 11.8 Å². The average Bonchev–Trinajstić information content (AvgIpc) is 2.51. The molecule has 0 aliphatic heterocycles. The third-order valence-electron chi connectivity index (χ3n) is 2.98. The highest BCUT2D eigenvalue weighted by Crippen LogP contribution is 2.29. The van der Waals surface area contributed by atoms with Gasteiger partial charge in [-0.1, -0.05) is 24.3 Å². The molecule has 1 aromatic carbocycles. The summed E-state index contributed by atoms with van der Waals surface area (Å²) < 4.78 is 5.71. The van der Waals surface area contributed by atoms with Gasteiger partial charge in [-0.25, -0.2) is 4.98 Å². The van der Waals surface area contributed by atoms with Gasteiger partial charge in [0.1, 0.15) is 5.75 Å². The van der Waals surface area contributed by atoms with Gasteiger partial charge in [0.15, 0.2) is 0 Å². The molecule has 0 aliphatic carbocycles. The molecule has 106 valence electrons. The summed E-state index contributed by atoms with van der Waals surface area (Å²) in [5.41, 5.74) is 1.19. The van der Waals surface area contributed by atoms with Crippen molar-refractivity contribution >= 4 is 11.8 Å². The molecule has 0 amide bonds. The number of rotatable bonds is 7. The largest absolute Gasteiger partial charge is 0.494 e. The lowest BCUT2D eigenvalue weighted by Gasteiger charge is -2.19. The van der Waals surface area contributed by atoms with Crippen molar-refractivity contribution in [2.45, 2.75) is 18.0 Å². The lowest BCUT2D eigenvalue weighted by molar-refractivity contribution is 0.333. The number of hydrogen-bond donors (Lipinski definition) is 1. The average molecular weight is 288 g/mol. The third-order valence-corrected chi connectivity index (χ3v) is 4.02. The summed E-state index contributed by atoms with van der Waals surface area (Å²) in [6.45, 7) is 2.69. The van der Waals surface area contributed by atoms with Crippen LogP contribution in [-0.2, 0) is 0 Å². The number of pyridine rings is 1. The fourth-order valence-corrected chi connectivity index (χ4v) is 2.98. The molecule has 0 aliphatic rings. The molecule has 1 atom stereocenters. The van der Waals surface area contributed by atoms with Crippen LogP contribution in [0.15, 0.2) is 53.7 Å². The SMILES string of the molecule is CCOc1ccccc1C(CSc1ccccn1)NC. The van der Waals surface area contributed by atoms with Crippen molar-refractivity contribution in [2.75, 3.05) is 19.4 Å². The monoisotopic (exact) mass is 288 g/mol. The van der Waals surface area contributed by atoms with Gasteiger partial charge in [-0.3, -0.25) is 0 Å². The van der Waals surface area contributed by atoms with Crippen LogP contribution in [0.5, 0.6) is 5.75 Å². The zero-order chi connectivity index (χ0) is 14.2. The molecule has 2 aromatic rings. The predicted molar refractivity (Wildman–Crippen MR) is 84.4 cm³/mol. The van der Waals surface area contributed by atoms with Crippen LogP contribution in [-0.4, -0.2) is 24.4 Å². The highest BCUT2D eigenvalue weighted by Gasteiger charge is 2.14. The third kappa shape index (κ3) is 3.99. The molecule has 0 spiro atoms. The Hall–Kier alpha value is -1.52. The molecule has 1 aromatic heterocycles. The maximum atomic E-state index is 5.71. The lowest BCUT2D eigenvalue weighted by atomic mass is 10.1. The number of nitrogens with one attached hydrogen (secondary N) is 1. The molecule has 0 radical (unpaired) electrons. The van der Waals surface area contributed by atoms with Crippen LogP contribution in [0, 0.1) is 0 Å². The number of para-hydroxylation sites is 1. The number of ether oxygens (including phenoxy) is 1. The Balaban J connectivity index is 2.08. The zero-order valence-electron chi connectivity index (χ0n) is 11.9. The second kappa shape index (κ2) is 7.92. The van der Waals surface area contributed by atoms with E-state index in [1.807, 2.05) is 56.6 Å². The van der Waals surface area contributed by atoms with E-state index in [2.05, 4.69) is 16.4 Å². The van der Waals surface area contributed by atoms with E-state index >= 15 is 0 Å². The molecule has 1 unspecified atom stereocenters.